The van der Waals surface area contributed by atoms with Gasteiger partial charge in [-0.1, -0.05) is 32.9 Å². The number of pyridine rings is 1. The van der Waals surface area contributed by atoms with Gasteiger partial charge in [0.05, 0.1) is 11.9 Å². The van der Waals surface area contributed by atoms with Gasteiger partial charge in [-0.25, -0.2) is 4.39 Å². The van der Waals surface area contributed by atoms with Crippen LogP contribution < -0.4 is 9.64 Å². The molecule has 9 heteroatoms. The first-order valence-corrected chi connectivity index (χ1v) is 13.5. The van der Waals surface area contributed by atoms with E-state index in [0.29, 0.717) is 28.7 Å². The maximum Gasteiger partial charge on any atom is 0.324 e. The summed E-state index contributed by atoms with van der Waals surface area (Å²) < 4.78 is 27.3. The topological polar surface area (TPSA) is 84.6 Å². The van der Waals surface area contributed by atoms with E-state index >= 15 is 4.39 Å². The molecular weight excluding hydrogens is 485 g/mol. The van der Waals surface area contributed by atoms with Gasteiger partial charge in [-0.3, -0.25) is 9.78 Å². The molecule has 5 heterocycles. The Hall–Kier alpha value is -3.49. The minimum Gasteiger partial charge on any atom is -0.485 e. The van der Waals surface area contributed by atoms with E-state index in [0.717, 1.165) is 63.2 Å². The lowest BCUT2D eigenvalue weighted by atomic mass is 9.78. The third-order valence-electron chi connectivity index (χ3n) is 8.32. The van der Waals surface area contributed by atoms with Crippen molar-refractivity contribution in [2.75, 3.05) is 31.1 Å². The second kappa shape index (κ2) is 9.06. The van der Waals surface area contributed by atoms with Crippen molar-refractivity contribution in [1.29, 1.82) is 0 Å². The highest BCUT2D eigenvalue weighted by Gasteiger charge is 2.48. The Morgan fingerprint density at radius 3 is 2.50 bits per heavy atom. The van der Waals surface area contributed by atoms with Crippen LogP contribution in [0.2, 0.25) is 0 Å². The van der Waals surface area contributed by atoms with E-state index in [9.17, 15) is 4.79 Å². The van der Waals surface area contributed by atoms with Gasteiger partial charge in [-0.15, -0.1) is 0 Å². The third-order valence-corrected chi connectivity index (χ3v) is 8.32. The van der Waals surface area contributed by atoms with Crippen molar-refractivity contribution in [1.82, 2.24) is 20.0 Å². The standard InChI is InChI=1S/C29H34FN5O3/c1-18-21-16-23(20-8-7-19(15-22(20)30)25(36)34-11-5-6-12-34)31-17-24(21)37-29(18)9-13-35(14-10-29)27-32-26(33-38-27)28(2,3)4/h7-8,15-18H,5-6,9-14H2,1-4H3. The molecule has 200 valence electrons. The molecule has 6 rings (SSSR count). The fourth-order valence-corrected chi connectivity index (χ4v) is 5.84. The highest BCUT2D eigenvalue weighted by Crippen LogP contribution is 2.50. The number of anilines is 1. The summed E-state index contributed by atoms with van der Waals surface area (Å²) in [5, 5.41) is 4.16. The Labute approximate surface area is 222 Å². The Morgan fingerprint density at radius 1 is 1.11 bits per heavy atom. The minimum atomic E-state index is -0.439. The lowest BCUT2D eigenvalue weighted by Gasteiger charge is -2.40. The van der Waals surface area contributed by atoms with E-state index in [-0.39, 0.29) is 22.8 Å². The molecule has 2 saturated heterocycles. The van der Waals surface area contributed by atoms with Crippen molar-refractivity contribution in [2.45, 2.75) is 70.3 Å². The number of carbonyl (C=O) groups excluding carboxylic acids is 1. The molecule has 1 aromatic carbocycles. The smallest absolute Gasteiger partial charge is 0.324 e. The average Bonchev–Trinajstić information content (AvgIpc) is 3.65. The van der Waals surface area contributed by atoms with Gasteiger partial charge in [0.25, 0.3) is 5.91 Å². The van der Waals surface area contributed by atoms with Gasteiger partial charge in [0.1, 0.15) is 17.2 Å². The first-order chi connectivity index (χ1) is 18.1. The quantitative estimate of drug-likeness (QED) is 0.462. The summed E-state index contributed by atoms with van der Waals surface area (Å²) in [4.78, 5) is 25.7. The summed E-state index contributed by atoms with van der Waals surface area (Å²) in [5.74, 6) is 1.02. The number of aromatic nitrogens is 3. The number of piperidine rings is 1. The van der Waals surface area contributed by atoms with Crippen LogP contribution in [-0.4, -0.2) is 57.7 Å². The Morgan fingerprint density at radius 2 is 1.84 bits per heavy atom. The molecule has 2 aromatic heterocycles. The molecule has 1 unspecified atom stereocenters. The van der Waals surface area contributed by atoms with Gasteiger partial charge in [-0.05, 0) is 37.1 Å². The van der Waals surface area contributed by atoms with Crippen LogP contribution in [0.25, 0.3) is 11.3 Å². The molecule has 0 bridgehead atoms. The number of rotatable bonds is 3. The van der Waals surface area contributed by atoms with Crippen LogP contribution >= 0.6 is 0 Å². The van der Waals surface area contributed by atoms with Crippen LogP contribution in [0.15, 0.2) is 35.0 Å². The van der Waals surface area contributed by atoms with E-state index < -0.39 is 5.82 Å². The van der Waals surface area contributed by atoms with E-state index in [1.807, 2.05) is 6.07 Å². The van der Waals surface area contributed by atoms with Crippen LogP contribution in [-0.2, 0) is 5.41 Å². The van der Waals surface area contributed by atoms with Crippen molar-refractivity contribution < 1.29 is 18.4 Å². The van der Waals surface area contributed by atoms with Gasteiger partial charge < -0.3 is 19.1 Å². The number of hydrogen-bond acceptors (Lipinski definition) is 7. The first kappa shape index (κ1) is 24.8. The monoisotopic (exact) mass is 519 g/mol. The van der Waals surface area contributed by atoms with Crippen LogP contribution in [0.4, 0.5) is 10.4 Å². The van der Waals surface area contributed by atoms with Gasteiger partial charge in [0.2, 0.25) is 0 Å². The van der Waals surface area contributed by atoms with E-state index in [2.05, 4.69) is 47.7 Å². The lowest BCUT2D eigenvalue weighted by Crippen LogP contribution is -2.49. The molecule has 0 radical (unpaired) electrons. The first-order valence-electron chi connectivity index (χ1n) is 13.5. The molecule has 1 amide bonds. The number of benzene rings is 1. The van der Waals surface area contributed by atoms with Gasteiger partial charge in [-0.2, -0.15) is 4.98 Å². The SMILES string of the molecule is CC1c2cc(-c3ccc(C(=O)N4CCCC4)cc3F)ncc2OC12CCN(c1nc(C(C)(C)C)no1)CC2. The molecule has 3 aliphatic heterocycles. The molecule has 8 nitrogen and oxygen atoms in total. The number of hydrogen-bond donors (Lipinski definition) is 0. The van der Waals surface area contributed by atoms with Crippen molar-refractivity contribution in [3.8, 4) is 17.0 Å². The number of likely N-dealkylation sites (tertiary alicyclic amines) is 1. The van der Waals surface area contributed by atoms with E-state index in [1.165, 1.54) is 6.07 Å². The number of nitrogens with zero attached hydrogens (tertiary/aromatic N) is 5. The molecule has 0 aliphatic carbocycles. The molecule has 0 N–H and O–H groups in total. The van der Waals surface area contributed by atoms with Gasteiger partial charge >= 0.3 is 6.01 Å². The average molecular weight is 520 g/mol. The fourth-order valence-electron chi connectivity index (χ4n) is 5.84. The number of amides is 1. The van der Waals surface area contributed by atoms with Crippen molar-refractivity contribution in [3.05, 3.63) is 53.2 Å². The third kappa shape index (κ3) is 4.22. The number of ether oxygens (including phenoxy) is 1. The maximum absolute atomic E-state index is 15.2. The number of fused-ring (bicyclic) bond motifs is 1. The zero-order chi connectivity index (χ0) is 26.7. The van der Waals surface area contributed by atoms with E-state index in [4.69, 9.17) is 9.26 Å². The Kier molecular flexibility index (Phi) is 5.92. The highest BCUT2D eigenvalue weighted by atomic mass is 19.1. The summed E-state index contributed by atoms with van der Waals surface area (Å²) >= 11 is 0. The number of halogens is 1. The maximum atomic E-state index is 15.2. The molecular formula is C29H34FN5O3. The Balaban J connectivity index is 1.18. The van der Waals surface area contributed by atoms with Crippen LogP contribution in [0, 0.1) is 5.82 Å². The summed E-state index contributed by atoms with van der Waals surface area (Å²) in [6.45, 7) is 11.3. The molecule has 3 aromatic rings. The second-order valence-electron chi connectivity index (χ2n) is 11.8. The van der Waals surface area contributed by atoms with Crippen LogP contribution in [0.3, 0.4) is 0 Å². The van der Waals surface area contributed by atoms with Crippen LogP contribution in [0.1, 0.15) is 81.0 Å². The van der Waals surface area contributed by atoms with Crippen molar-refractivity contribution in [3.63, 3.8) is 0 Å². The molecule has 1 spiro atoms. The molecule has 3 aliphatic rings. The van der Waals surface area contributed by atoms with Gasteiger partial charge in [0.15, 0.2) is 5.82 Å². The fraction of sp³-hybridized carbons (Fsp3) is 0.517. The predicted octanol–water partition coefficient (Wildman–Crippen LogP) is 5.34. The van der Waals surface area contributed by atoms with Crippen molar-refractivity contribution >= 4 is 11.9 Å². The minimum absolute atomic E-state index is 0.111. The number of carbonyl (C=O) groups is 1. The molecule has 0 saturated carbocycles. The summed E-state index contributed by atoms with van der Waals surface area (Å²) in [5.41, 5.74) is 1.83. The van der Waals surface area contributed by atoms with Crippen molar-refractivity contribution in [2.24, 2.45) is 0 Å². The second-order valence-corrected chi connectivity index (χ2v) is 11.8. The van der Waals surface area contributed by atoms with Crippen LogP contribution in [0.5, 0.6) is 5.75 Å². The zero-order valence-corrected chi connectivity index (χ0v) is 22.5. The Bertz CT molecular complexity index is 1370. The summed E-state index contributed by atoms with van der Waals surface area (Å²) in [7, 11) is 0. The summed E-state index contributed by atoms with van der Waals surface area (Å²) in [6, 6.07) is 7.20. The predicted molar refractivity (Wildman–Crippen MR) is 141 cm³/mol. The molecule has 1 atom stereocenters. The highest BCUT2D eigenvalue weighted by molar-refractivity contribution is 5.95. The molecule has 2 fully saturated rings. The van der Waals surface area contributed by atoms with E-state index in [1.54, 1.807) is 23.2 Å². The van der Waals surface area contributed by atoms with Gasteiger partial charge in [0, 0.05) is 67.0 Å². The largest absolute Gasteiger partial charge is 0.485 e. The normalized spacial score (nSPS) is 20.6. The molecule has 38 heavy (non-hydrogen) atoms. The zero-order valence-electron chi connectivity index (χ0n) is 22.5. The lowest BCUT2D eigenvalue weighted by molar-refractivity contribution is 0.0453. The summed E-state index contributed by atoms with van der Waals surface area (Å²) in [6.07, 6.45) is 5.30.